The summed E-state index contributed by atoms with van der Waals surface area (Å²) in [5.74, 6) is 1.39. The predicted molar refractivity (Wildman–Crippen MR) is 120 cm³/mol. The highest BCUT2D eigenvalue weighted by Crippen LogP contribution is 2.32. The normalized spacial score (nSPS) is 17.4. The molecule has 0 saturated carbocycles. The Morgan fingerprint density at radius 3 is 2.35 bits per heavy atom. The van der Waals surface area contributed by atoms with Crippen molar-refractivity contribution in [3.63, 3.8) is 0 Å². The van der Waals surface area contributed by atoms with Gasteiger partial charge in [-0.2, -0.15) is 0 Å². The number of benzene rings is 1. The van der Waals surface area contributed by atoms with Crippen molar-refractivity contribution in [2.75, 3.05) is 25.5 Å². The van der Waals surface area contributed by atoms with Gasteiger partial charge < -0.3 is 9.80 Å². The van der Waals surface area contributed by atoms with Crippen molar-refractivity contribution in [3.05, 3.63) is 53.3 Å². The molecule has 1 aromatic heterocycles. The standard InChI is InChI=1S/C13H20N4O2.C10H13NO/c1-8(2)4-11-9(3)7-17(11)13-14-5-10(6-15-13)12(18)16-19;1-8-5-4-6-9(7-8)10(12)11(2)3/h5-6,8-9,11,19H,4,7H2,1-3H3,(H,16,18);4-7H,1-3H3. The minimum absolute atomic E-state index is 0.0544. The lowest BCUT2D eigenvalue weighted by Crippen LogP contribution is -2.56. The number of carbonyl (C=O) groups excluding carboxylic acids is 2. The molecule has 1 aromatic carbocycles. The molecule has 2 aromatic rings. The Labute approximate surface area is 184 Å². The highest BCUT2D eigenvalue weighted by Gasteiger charge is 2.37. The van der Waals surface area contributed by atoms with E-state index in [1.807, 2.05) is 31.2 Å². The van der Waals surface area contributed by atoms with Crippen molar-refractivity contribution in [2.45, 2.75) is 40.2 Å². The fourth-order valence-electron chi connectivity index (χ4n) is 3.50. The van der Waals surface area contributed by atoms with Gasteiger partial charge in [-0.1, -0.05) is 38.5 Å². The molecule has 2 N–H and O–H groups in total. The Morgan fingerprint density at radius 1 is 1.23 bits per heavy atom. The van der Waals surface area contributed by atoms with Crippen LogP contribution in [0.5, 0.6) is 0 Å². The van der Waals surface area contributed by atoms with Gasteiger partial charge in [0.05, 0.1) is 5.56 Å². The second kappa shape index (κ2) is 10.9. The minimum Gasteiger partial charge on any atom is -0.345 e. The van der Waals surface area contributed by atoms with Crippen LogP contribution in [-0.4, -0.2) is 58.6 Å². The smallest absolute Gasteiger partial charge is 0.277 e. The molecular weight excluding hydrogens is 394 g/mol. The van der Waals surface area contributed by atoms with Gasteiger partial charge in [0.2, 0.25) is 5.95 Å². The molecular formula is C23H33N5O3. The van der Waals surface area contributed by atoms with Crippen molar-refractivity contribution in [1.82, 2.24) is 20.3 Å². The van der Waals surface area contributed by atoms with E-state index in [9.17, 15) is 9.59 Å². The molecule has 2 atom stereocenters. The number of aromatic nitrogens is 2. The molecule has 0 spiro atoms. The molecule has 1 fully saturated rings. The highest BCUT2D eigenvalue weighted by molar-refractivity contribution is 5.94. The molecule has 8 nitrogen and oxygen atoms in total. The lowest BCUT2D eigenvalue weighted by molar-refractivity contribution is 0.0705. The molecule has 8 heteroatoms. The van der Waals surface area contributed by atoms with Crippen LogP contribution in [0.1, 0.15) is 53.5 Å². The minimum atomic E-state index is -0.595. The number of nitrogens with zero attached hydrogens (tertiary/aromatic N) is 4. The maximum Gasteiger partial charge on any atom is 0.277 e. The van der Waals surface area contributed by atoms with Gasteiger partial charge in [-0.05, 0) is 37.3 Å². The number of nitrogens with one attached hydrogen (secondary N) is 1. The number of carbonyl (C=O) groups is 2. The first-order chi connectivity index (χ1) is 14.6. The van der Waals surface area contributed by atoms with E-state index in [2.05, 4.69) is 35.6 Å². The molecule has 168 valence electrons. The zero-order valence-corrected chi connectivity index (χ0v) is 19.2. The maximum atomic E-state index is 11.4. The topological polar surface area (TPSA) is 98.7 Å². The molecule has 0 aliphatic carbocycles. The molecule has 2 amide bonds. The fraction of sp³-hybridized carbons (Fsp3) is 0.478. The molecule has 1 saturated heterocycles. The van der Waals surface area contributed by atoms with E-state index < -0.39 is 5.91 Å². The highest BCUT2D eigenvalue weighted by atomic mass is 16.5. The van der Waals surface area contributed by atoms with Crippen molar-refractivity contribution < 1.29 is 14.8 Å². The molecule has 3 rings (SSSR count). The van der Waals surface area contributed by atoms with Crippen LogP contribution in [0.3, 0.4) is 0 Å². The van der Waals surface area contributed by atoms with E-state index in [0.717, 1.165) is 24.1 Å². The van der Waals surface area contributed by atoms with Crippen LogP contribution in [0.4, 0.5) is 5.95 Å². The van der Waals surface area contributed by atoms with E-state index in [-0.39, 0.29) is 11.5 Å². The molecule has 2 unspecified atom stereocenters. The quantitative estimate of drug-likeness (QED) is 0.562. The Kier molecular flexibility index (Phi) is 8.50. The molecule has 1 aliphatic rings. The third-order valence-corrected chi connectivity index (χ3v) is 5.18. The number of aryl methyl sites for hydroxylation is 1. The van der Waals surface area contributed by atoms with Crippen molar-refractivity contribution >= 4 is 17.8 Å². The zero-order valence-electron chi connectivity index (χ0n) is 19.2. The first-order valence-corrected chi connectivity index (χ1v) is 10.5. The van der Waals surface area contributed by atoms with Gasteiger partial charge in [0.15, 0.2) is 0 Å². The summed E-state index contributed by atoms with van der Waals surface area (Å²) in [5, 5.41) is 8.53. The van der Waals surface area contributed by atoms with E-state index in [4.69, 9.17) is 5.21 Å². The van der Waals surface area contributed by atoms with Crippen molar-refractivity contribution in [3.8, 4) is 0 Å². The summed E-state index contributed by atoms with van der Waals surface area (Å²) in [6, 6.07) is 8.06. The number of rotatable bonds is 5. The summed E-state index contributed by atoms with van der Waals surface area (Å²) in [6.07, 6.45) is 3.98. The van der Waals surface area contributed by atoms with Crippen LogP contribution in [0.15, 0.2) is 36.7 Å². The SMILES string of the molecule is CC(C)CC1C(C)CN1c1ncc(C(=O)NO)cn1.Cc1cccc(C(=O)N(C)C)c1. The summed E-state index contributed by atoms with van der Waals surface area (Å²) < 4.78 is 0. The Balaban J connectivity index is 0.000000245. The third-order valence-electron chi connectivity index (χ3n) is 5.18. The Morgan fingerprint density at radius 2 is 1.87 bits per heavy atom. The summed E-state index contributed by atoms with van der Waals surface area (Å²) >= 11 is 0. The van der Waals surface area contributed by atoms with Gasteiger partial charge in [0, 0.05) is 44.6 Å². The van der Waals surface area contributed by atoms with E-state index in [1.165, 1.54) is 12.4 Å². The number of hydrogen-bond donors (Lipinski definition) is 2. The number of hydroxylamine groups is 1. The van der Waals surface area contributed by atoms with E-state index in [1.54, 1.807) is 24.5 Å². The lowest BCUT2D eigenvalue weighted by atomic mass is 9.84. The summed E-state index contributed by atoms with van der Waals surface area (Å²) in [5.41, 5.74) is 3.68. The molecule has 2 heterocycles. The average Bonchev–Trinajstić information content (AvgIpc) is 2.75. The summed E-state index contributed by atoms with van der Waals surface area (Å²) in [6.45, 7) is 9.57. The van der Waals surface area contributed by atoms with E-state index in [0.29, 0.717) is 23.8 Å². The van der Waals surface area contributed by atoms with Gasteiger partial charge in [-0.15, -0.1) is 0 Å². The number of hydrogen-bond acceptors (Lipinski definition) is 6. The van der Waals surface area contributed by atoms with Crippen molar-refractivity contribution in [2.24, 2.45) is 11.8 Å². The van der Waals surface area contributed by atoms with E-state index >= 15 is 0 Å². The van der Waals surface area contributed by atoms with Crippen LogP contribution >= 0.6 is 0 Å². The van der Waals surface area contributed by atoms with Gasteiger partial charge in [-0.25, -0.2) is 15.4 Å². The van der Waals surface area contributed by atoms with Crippen LogP contribution in [-0.2, 0) is 0 Å². The van der Waals surface area contributed by atoms with Crippen LogP contribution < -0.4 is 10.4 Å². The first kappa shape index (κ1) is 24.3. The second-order valence-corrected chi connectivity index (χ2v) is 8.61. The van der Waals surface area contributed by atoms with Crippen LogP contribution in [0, 0.1) is 18.8 Å². The average molecular weight is 428 g/mol. The van der Waals surface area contributed by atoms with Crippen LogP contribution in [0.2, 0.25) is 0 Å². The molecule has 0 bridgehead atoms. The Hall–Kier alpha value is -3.00. The Bertz CT molecular complexity index is 883. The number of amides is 2. The summed E-state index contributed by atoms with van der Waals surface area (Å²) in [7, 11) is 3.51. The zero-order chi connectivity index (χ0) is 23.1. The van der Waals surface area contributed by atoms with Gasteiger partial charge in [0.1, 0.15) is 0 Å². The monoisotopic (exact) mass is 427 g/mol. The van der Waals surface area contributed by atoms with Crippen molar-refractivity contribution in [1.29, 1.82) is 0 Å². The summed E-state index contributed by atoms with van der Waals surface area (Å²) in [4.78, 5) is 34.8. The van der Waals surface area contributed by atoms with Gasteiger partial charge in [0.25, 0.3) is 11.8 Å². The third kappa shape index (κ3) is 6.49. The fourth-order valence-corrected chi connectivity index (χ4v) is 3.50. The molecule has 0 radical (unpaired) electrons. The largest absolute Gasteiger partial charge is 0.345 e. The second-order valence-electron chi connectivity index (χ2n) is 8.61. The van der Waals surface area contributed by atoms with Crippen LogP contribution in [0.25, 0.3) is 0 Å². The van der Waals surface area contributed by atoms with Gasteiger partial charge in [-0.3, -0.25) is 14.8 Å². The first-order valence-electron chi connectivity index (χ1n) is 10.5. The maximum absolute atomic E-state index is 11.4. The molecule has 1 aliphatic heterocycles. The number of anilines is 1. The predicted octanol–water partition coefficient (Wildman–Crippen LogP) is 3.16. The molecule has 31 heavy (non-hydrogen) atoms. The van der Waals surface area contributed by atoms with Gasteiger partial charge >= 0.3 is 0 Å². The lowest BCUT2D eigenvalue weighted by Gasteiger charge is -2.47.